The lowest BCUT2D eigenvalue weighted by Gasteiger charge is -2.48. The third-order valence-electron chi connectivity index (χ3n) is 15.2. The van der Waals surface area contributed by atoms with Crippen LogP contribution in [0.5, 0.6) is 0 Å². The van der Waals surface area contributed by atoms with Gasteiger partial charge in [-0.1, -0.05) is 69.2 Å². The molecule has 2 aromatic heterocycles. The smallest absolute Gasteiger partial charge is 0.208 e. The van der Waals surface area contributed by atoms with Crippen LogP contribution >= 0.6 is 0 Å². The Hall–Kier alpha value is -5.18. The number of aliphatic imine (C=N–C) groups is 2. The minimum Gasteiger partial charge on any atom is -0.366 e. The number of hydrogen-bond acceptors (Lipinski definition) is 14. The molecule has 20 heteroatoms. The minimum absolute atomic E-state index is 0.0341. The lowest BCUT2D eigenvalue weighted by molar-refractivity contribution is 0.364. The third-order valence-corrected chi connectivity index (χ3v) is 16.6. The first-order chi connectivity index (χ1) is 34.6. The SMILES string of the molecule is Cc1cc2c(cc1N=C1C(C(C)(C)C)=Nn3nc(C(C)CNS(C)(=O)=O)nc31)C(C)CC(C)(C)N2CCCCCN1c2cc(C)c(N=C3C(C(C)(C)C)=Nn4nc(C(C)CNS(C)(=O)=O)nc43)cc2C(C)CC1(C)C. The minimum atomic E-state index is -3.36. The van der Waals surface area contributed by atoms with E-state index in [1.54, 1.807) is 9.58 Å². The van der Waals surface area contributed by atoms with Crippen LogP contribution in [0.15, 0.2) is 44.5 Å². The summed E-state index contributed by atoms with van der Waals surface area (Å²) in [6.07, 6.45) is 7.55. The number of nitrogens with one attached hydrogen (secondary N) is 2. The molecule has 4 unspecified atom stereocenters. The summed E-state index contributed by atoms with van der Waals surface area (Å²) >= 11 is 0. The first-order valence-corrected chi connectivity index (χ1v) is 30.5. The van der Waals surface area contributed by atoms with E-state index in [9.17, 15) is 16.8 Å². The van der Waals surface area contributed by atoms with Gasteiger partial charge in [-0.2, -0.15) is 10.2 Å². The molecule has 8 rings (SSSR count). The van der Waals surface area contributed by atoms with Crippen LogP contribution < -0.4 is 19.2 Å². The van der Waals surface area contributed by atoms with Gasteiger partial charge in [0.15, 0.2) is 11.6 Å². The van der Waals surface area contributed by atoms with E-state index in [0.29, 0.717) is 46.6 Å². The number of nitrogens with zero attached hydrogens (tertiary/aromatic N) is 12. The van der Waals surface area contributed by atoms with Crippen LogP contribution in [0.25, 0.3) is 0 Å². The summed E-state index contributed by atoms with van der Waals surface area (Å²) in [6, 6.07) is 9.21. The molecule has 0 bridgehead atoms. The van der Waals surface area contributed by atoms with Crippen LogP contribution in [-0.2, 0) is 20.0 Å². The Kier molecular flexibility index (Phi) is 14.9. The van der Waals surface area contributed by atoms with Gasteiger partial charge in [0.05, 0.1) is 35.3 Å². The Morgan fingerprint density at radius 3 is 1.32 bits per heavy atom. The zero-order chi connectivity index (χ0) is 55.1. The zero-order valence-electron chi connectivity index (χ0n) is 47.8. The Morgan fingerprint density at radius 2 is 0.987 bits per heavy atom. The molecule has 4 atom stereocenters. The van der Waals surface area contributed by atoms with Crippen LogP contribution in [0.4, 0.5) is 22.7 Å². The highest BCUT2D eigenvalue weighted by molar-refractivity contribution is 7.89. The van der Waals surface area contributed by atoms with Gasteiger partial charge in [0, 0.05) is 71.3 Å². The molecular formula is C55H82N14O4S2. The molecule has 0 amide bonds. The molecule has 18 nitrogen and oxygen atoms in total. The quantitative estimate of drug-likeness (QED) is 0.102. The van der Waals surface area contributed by atoms with Crippen LogP contribution in [0.1, 0.15) is 198 Å². The van der Waals surface area contributed by atoms with Gasteiger partial charge in [-0.15, -0.1) is 19.8 Å². The predicted octanol–water partition coefficient (Wildman–Crippen LogP) is 9.62. The van der Waals surface area contributed by atoms with Gasteiger partial charge < -0.3 is 9.80 Å². The molecule has 4 aliphatic rings. The number of sulfonamides is 2. The summed E-state index contributed by atoms with van der Waals surface area (Å²) in [5.41, 5.74) is 11.4. The average Bonchev–Trinajstić information content (AvgIpc) is 4.05. The zero-order valence-corrected chi connectivity index (χ0v) is 49.4. The lowest BCUT2D eigenvalue weighted by Crippen LogP contribution is -2.49. The van der Waals surface area contributed by atoms with E-state index < -0.39 is 20.0 Å². The Bertz CT molecular complexity index is 3030. The van der Waals surface area contributed by atoms with Crippen molar-refractivity contribution in [2.24, 2.45) is 31.0 Å². The number of anilines is 2. The van der Waals surface area contributed by atoms with Crippen molar-refractivity contribution < 1.29 is 16.8 Å². The lowest BCUT2D eigenvalue weighted by atomic mass is 9.79. The van der Waals surface area contributed by atoms with Crippen LogP contribution in [-0.4, -0.2) is 119 Å². The largest absolute Gasteiger partial charge is 0.366 e. The van der Waals surface area contributed by atoms with Gasteiger partial charge >= 0.3 is 0 Å². The van der Waals surface area contributed by atoms with E-state index in [4.69, 9.17) is 30.2 Å². The van der Waals surface area contributed by atoms with E-state index in [1.165, 1.54) is 22.5 Å². The number of hydrogen-bond donors (Lipinski definition) is 2. The molecule has 6 heterocycles. The summed E-state index contributed by atoms with van der Waals surface area (Å²) in [5.74, 6) is 2.30. The van der Waals surface area contributed by atoms with Crippen molar-refractivity contribution in [2.45, 2.75) is 178 Å². The maximum absolute atomic E-state index is 11.8. The molecule has 0 aliphatic carbocycles. The van der Waals surface area contributed by atoms with Crippen molar-refractivity contribution in [3.05, 3.63) is 69.8 Å². The van der Waals surface area contributed by atoms with E-state index in [2.05, 4.69) is 151 Å². The highest BCUT2D eigenvalue weighted by Crippen LogP contribution is 2.48. The standard InChI is InChI=1S/C55H82N14O4S2/c1-32-24-42-38(26-40(32)58-44-46(52(7,8)9)62-68-50(44)60-48(64-68)36(5)30-56-74(17,70)71)34(3)28-54(13,14)66(42)22-20-19-21-23-67-43-25-33(2)41(27-39(43)35(4)29-55(67,15)16)59-45-47(53(10,11)12)63-69-51(45)61-49(65-69)37(6)31-57-75(18,72)73/h24-27,34-37,56-57H,19-23,28-31H2,1-18H3. The van der Waals surface area contributed by atoms with Gasteiger partial charge in [0.1, 0.15) is 11.4 Å². The Morgan fingerprint density at radius 1 is 0.627 bits per heavy atom. The summed E-state index contributed by atoms with van der Waals surface area (Å²) in [4.78, 5) is 28.8. The first kappa shape index (κ1) is 56.0. The molecule has 75 heavy (non-hydrogen) atoms. The maximum Gasteiger partial charge on any atom is 0.208 e. The van der Waals surface area contributed by atoms with E-state index >= 15 is 0 Å². The number of benzene rings is 2. The first-order valence-electron chi connectivity index (χ1n) is 26.7. The maximum atomic E-state index is 11.8. The molecule has 0 spiro atoms. The van der Waals surface area contributed by atoms with E-state index in [0.717, 1.165) is 91.6 Å². The summed E-state index contributed by atoms with van der Waals surface area (Å²) in [7, 11) is -6.73. The van der Waals surface area contributed by atoms with Crippen molar-refractivity contribution in [3.63, 3.8) is 0 Å². The van der Waals surface area contributed by atoms with Gasteiger partial charge in [0.25, 0.3) is 0 Å². The fourth-order valence-electron chi connectivity index (χ4n) is 11.2. The summed E-state index contributed by atoms with van der Waals surface area (Å²) in [6.45, 7) is 37.2. The van der Waals surface area contributed by atoms with Crippen molar-refractivity contribution in [3.8, 4) is 0 Å². The molecule has 4 aromatic rings. The van der Waals surface area contributed by atoms with Crippen molar-refractivity contribution >= 4 is 65.6 Å². The second kappa shape index (κ2) is 20.0. The van der Waals surface area contributed by atoms with E-state index in [-0.39, 0.29) is 46.8 Å². The Balaban J connectivity index is 0.994. The van der Waals surface area contributed by atoms with Crippen molar-refractivity contribution in [2.75, 3.05) is 48.5 Å². The number of unbranched alkanes of at least 4 members (excludes halogenated alkanes) is 2. The summed E-state index contributed by atoms with van der Waals surface area (Å²) in [5, 5.41) is 19.1. The molecule has 408 valence electrons. The monoisotopic (exact) mass is 1070 g/mol. The van der Waals surface area contributed by atoms with Crippen molar-refractivity contribution in [1.29, 1.82) is 0 Å². The fourth-order valence-corrected chi connectivity index (χ4v) is 12.3. The molecule has 4 aliphatic heterocycles. The molecule has 0 fully saturated rings. The van der Waals surface area contributed by atoms with Gasteiger partial charge in [-0.3, -0.25) is 0 Å². The predicted molar refractivity (Wildman–Crippen MR) is 305 cm³/mol. The topological polar surface area (TPSA) is 210 Å². The average molecular weight is 1070 g/mol. The van der Waals surface area contributed by atoms with Gasteiger partial charge in [-0.25, -0.2) is 46.2 Å². The molecule has 0 saturated carbocycles. The number of aromatic nitrogens is 6. The molecule has 2 N–H and O–H groups in total. The van der Waals surface area contributed by atoms with Gasteiger partial charge in [-0.05, 0) is 132 Å². The normalized spacial score (nSPS) is 21.3. The van der Waals surface area contributed by atoms with E-state index in [1.807, 2.05) is 13.8 Å². The Labute approximate surface area is 446 Å². The summed E-state index contributed by atoms with van der Waals surface area (Å²) < 4.78 is 52.5. The molecule has 2 aromatic carbocycles. The fraction of sp³-hybridized carbons (Fsp3) is 0.636. The molecule has 0 radical (unpaired) electrons. The van der Waals surface area contributed by atoms with Gasteiger partial charge in [0.2, 0.25) is 31.7 Å². The highest BCUT2D eigenvalue weighted by Gasteiger charge is 2.41. The molecular weight excluding hydrogens is 985 g/mol. The van der Waals surface area contributed by atoms with Crippen LogP contribution in [0.2, 0.25) is 0 Å². The third kappa shape index (κ3) is 11.9. The van der Waals surface area contributed by atoms with Crippen LogP contribution in [0.3, 0.4) is 0 Å². The number of aryl methyl sites for hydroxylation is 2. The second-order valence-corrected chi connectivity index (χ2v) is 29.0. The highest BCUT2D eigenvalue weighted by atomic mass is 32.2. The molecule has 0 saturated heterocycles. The van der Waals surface area contributed by atoms with Crippen molar-refractivity contribution in [1.82, 2.24) is 39.2 Å². The van der Waals surface area contributed by atoms with Crippen LogP contribution in [0, 0.1) is 24.7 Å². The number of rotatable bonds is 16. The second-order valence-electron chi connectivity index (χ2n) is 25.3. The number of fused-ring (bicyclic) bond motifs is 4.